The number of aryl methyl sites for hydroxylation is 1. The number of carbonyl (C=O) groups excluding carboxylic acids is 3. The van der Waals surface area contributed by atoms with E-state index in [9.17, 15) is 24.5 Å². The number of carbonyl (C=O) groups is 3. The molecule has 0 atom stereocenters. The van der Waals surface area contributed by atoms with E-state index >= 15 is 0 Å². The topological polar surface area (TPSA) is 130 Å². The zero-order valence-electron chi connectivity index (χ0n) is 13.8. The number of hydrogen-bond donors (Lipinski definition) is 3. The van der Waals surface area contributed by atoms with Crippen LogP contribution in [-0.2, 0) is 4.79 Å². The molecule has 2 aromatic carbocycles. The second kappa shape index (κ2) is 8.38. The van der Waals surface area contributed by atoms with E-state index in [4.69, 9.17) is 0 Å². The smallest absolute Gasteiger partial charge is 0.270 e. The molecule has 3 amide bonds. The van der Waals surface area contributed by atoms with Crippen molar-refractivity contribution in [2.75, 3.05) is 6.54 Å². The van der Waals surface area contributed by atoms with Crippen molar-refractivity contribution in [1.29, 1.82) is 0 Å². The Bertz CT molecular complexity index is 866. The van der Waals surface area contributed by atoms with Crippen LogP contribution >= 0.6 is 0 Å². The third-order valence-electron chi connectivity index (χ3n) is 3.43. The molecule has 0 aliphatic heterocycles. The predicted octanol–water partition coefficient (Wildman–Crippen LogP) is 1.09. The maximum atomic E-state index is 12.0. The largest absolute Gasteiger partial charge is 0.343 e. The first-order valence-electron chi connectivity index (χ1n) is 7.56. The number of hydrazine groups is 1. The van der Waals surface area contributed by atoms with Crippen molar-refractivity contribution >= 4 is 23.4 Å². The van der Waals surface area contributed by atoms with Gasteiger partial charge >= 0.3 is 0 Å². The second-order valence-corrected chi connectivity index (χ2v) is 5.31. The number of non-ortho nitro benzene ring substituents is 1. The van der Waals surface area contributed by atoms with E-state index in [1.807, 2.05) is 0 Å². The average Bonchev–Trinajstić information content (AvgIpc) is 2.64. The molecule has 0 spiro atoms. The highest BCUT2D eigenvalue weighted by Gasteiger charge is 2.13. The highest BCUT2D eigenvalue weighted by atomic mass is 16.6. The van der Waals surface area contributed by atoms with Gasteiger partial charge in [-0.15, -0.1) is 0 Å². The van der Waals surface area contributed by atoms with Gasteiger partial charge < -0.3 is 5.32 Å². The Morgan fingerprint density at radius 1 is 1.00 bits per heavy atom. The van der Waals surface area contributed by atoms with Crippen LogP contribution < -0.4 is 16.2 Å². The molecule has 0 aliphatic carbocycles. The van der Waals surface area contributed by atoms with Gasteiger partial charge in [-0.3, -0.25) is 35.3 Å². The molecule has 3 N–H and O–H groups in total. The van der Waals surface area contributed by atoms with E-state index in [1.165, 1.54) is 18.2 Å². The number of nitro benzene ring substituents is 1. The molecule has 0 aliphatic rings. The van der Waals surface area contributed by atoms with E-state index in [-0.39, 0.29) is 11.3 Å². The van der Waals surface area contributed by atoms with Crippen molar-refractivity contribution in [3.05, 3.63) is 75.3 Å². The lowest BCUT2D eigenvalue weighted by molar-refractivity contribution is -0.384. The molecule has 0 radical (unpaired) electrons. The minimum atomic E-state index is -0.647. The molecule has 134 valence electrons. The predicted molar refractivity (Wildman–Crippen MR) is 92.2 cm³/mol. The maximum Gasteiger partial charge on any atom is 0.270 e. The standard InChI is InChI=1S/C17H16N4O5/c1-11-5-2-3-8-14(11)17(24)20-19-15(22)10-18-16(23)12-6-4-7-13(9-12)21(25)26/h2-9H,10H2,1H3,(H,18,23)(H,19,22)(H,20,24). The first kappa shape index (κ1) is 18.6. The van der Waals surface area contributed by atoms with E-state index in [0.29, 0.717) is 5.56 Å². The van der Waals surface area contributed by atoms with Crippen LogP contribution in [0, 0.1) is 17.0 Å². The van der Waals surface area contributed by atoms with Crippen molar-refractivity contribution in [3.8, 4) is 0 Å². The summed E-state index contributed by atoms with van der Waals surface area (Å²) in [6, 6.07) is 12.0. The fourth-order valence-electron chi connectivity index (χ4n) is 2.09. The summed E-state index contributed by atoms with van der Waals surface area (Å²) < 4.78 is 0. The van der Waals surface area contributed by atoms with E-state index < -0.39 is 29.2 Å². The number of benzene rings is 2. The maximum absolute atomic E-state index is 12.0. The number of nitrogens with zero attached hydrogens (tertiary/aromatic N) is 1. The number of hydrogen-bond acceptors (Lipinski definition) is 5. The summed E-state index contributed by atoms with van der Waals surface area (Å²) in [4.78, 5) is 45.7. The molecule has 0 unspecified atom stereocenters. The van der Waals surface area contributed by atoms with Crippen molar-refractivity contribution in [2.45, 2.75) is 6.92 Å². The van der Waals surface area contributed by atoms with Crippen LogP contribution in [0.1, 0.15) is 26.3 Å². The Morgan fingerprint density at radius 3 is 2.42 bits per heavy atom. The molecule has 0 saturated heterocycles. The first-order valence-corrected chi connectivity index (χ1v) is 7.56. The van der Waals surface area contributed by atoms with Crippen LogP contribution in [0.25, 0.3) is 0 Å². The molecule has 0 saturated carbocycles. The first-order chi connectivity index (χ1) is 12.4. The van der Waals surface area contributed by atoms with Crippen molar-refractivity contribution in [3.63, 3.8) is 0 Å². The SMILES string of the molecule is Cc1ccccc1C(=O)NNC(=O)CNC(=O)c1cccc([N+](=O)[O-])c1. The number of rotatable bonds is 5. The molecule has 2 aromatic rings. The van der Waals surface area contributed by atoms with Crippen LogP contribution in [-0.4, -0.2) is 29.2 Å². The van der Waals surface area contributed by atoms with Gasteiger partial charge in [0, 0.05) is 23.3 Å². The van der Waals surface area contributed by atoms with Crippen LogP contribution in [0.2, 0.25) is 0 Å². The zero-order valence-corrected chi connectivity index (χ0v) is 13.8. The molecule has 9 heteroatoms. The van der Waals surface area contributed by atoms with E-state index in [1.54, 1.807) is 31.2 Å². The Balaban J connectivity index is 1.84. The summed E-state index contributed by atoms with van der Waals surface area (Å²) in [5, 5.41) is 13.0. The third kappa shape index (κ3) is 4.87. The number of nitrogens with one attached hydrogen (secondary N) is 3. The Labute approximate surface area is 148 Å². The lowest BCUT2D eigenvalue weighted by Crippen LogP contribution is -2.46. The molecule has 9 nitrogen and oxygen atoms in total. The molecule has 26 heavy (non-hydrogen) atoms. The minimum Gasteiger partial charge on any atom is -0.343 e. The highest BCUT2D eigenvalue weighted by Crippen LogP contribution is 2.12. The summed E-state index contributed by atoms with van der Waals surface area (Å²) in [7, 11) is 0. The fourth-order valence-corrected chi connectivity index (χ4v) is 2.09. The molecular weight excluding hydrogens is 340 g/mol. The molecule has 0 bridgehead atoms. The Morgan fingerprint density at radius 2 is 1.73 bits per heavy atom. The highest BCUT2D eigenvalue weighted by molar-refractivity contribution is 5.98. The van der Waals surface area contributed by atoms with E-state index in [0.717, 1.165) is 11.6 Å². The molecule has 2 rings (SSSR count). The normalized spacial score (nSPS) is 9.88. The van der Waals surface area contributed by atoms with Crippen LogP contribution in [0.4, 0.5) is 5.69 Å². The summed E-state index contributed by atoms with van der Waals surface area (Å²) in [5.74, 6) is -1.78. The fraction of sp³-hybridized carbons (Fsp3) is 0.118. The van der Waals surface area contributed by atoms with Gasteiger partial charge in [0.05, 0.1) is 11.5 Å². The lowest BCUT2D eigenvalue weighted by atomic mass is 10.1. The van der Waals surface area contributed by atoms with Gasteiger partial charge in [0.25, 0.3) is 23.4 Å². The van der Waals surface area contributed by atoms with Gasteiger partial charge in [-0.25, -0.2) is 0 Å². The molecular formula is C17H16N4O5. The van der Waals surface area contributed by atoms with Crippen molar-refractivity contribution in [2.24, 2.45) is 0 Å². The van der Waals surface area contributed by atoms with Gasteiger partial charge in [-0.1, -0.05) is 24.3 Å². The van der Waals surface area contributed by atoms with Crippen molar-refractivity contribution in [1.82, 2.24) is 16.2 Å². The second-order valence-electron chi connectivity index (χ2n) is 5.31. The van der Waals surface area contributed by atoms with Crippen LogP contribution in [0.5, 0.6) is 0 Å². The minimum absolute atomic E-state index is 0.0518. The molecule has 0 heterocycles. The summed E-state index contributed by atoms with van der Waals surface area (Å²) in [6.07, 6.45) is 0. The average molecular weight is 356 g/mol. The van der Waals surface area contributed by atoms with Crippen molar-refractivity contribution < 1.29 is 19.3 Å². The van der Waals surface area contributed by atoms with Gasteiger partial charge in [0.1, 0.15) is 0 Å². The Kier molecular flexibility index (Phi) is 5.99. The number of nitro groups is 1. The van der Waals surface area contributed by atoms with Gasteiger partial charge in [0.15, 0.2) is 0 Å². The van der Waals surface area contributed by atoms with Crippen LogP contribution in [0.15, 0.2) is 48.5 Å². The number of amides is 3. The summed E-state index contributed by atoms with van der Waals surface area (Å²) in [6.45, 7) is 1.35. The van der Waals surface area contributed by atoms with Gasteiger partial charge in [-0.05, 0) is 24.6 Å². The Hall–Kier alpha value is -3.75. The molecule has 0 fully saturated rings. The monoisotopic (exact) mass is 356 g/mol. The quantitative estimate of drug-likeness (QED) is 0.545. The van der Waals surface area contributed by atoms with Crippen LogP contribution in [0.3, 0.4) is 0 Å². The molecule has 0 aromatic heterocycles. The van der Waals surface area contributed by atoms with Gasteiger partial charge in [0.2, 0.25) is 0 Å². The summed E-state index contributed by atoms with van der Waals surface area (Å²) in [5.41, 5.74) is 5.41. The lowest BCUT2D eigenvalue weighted by Gasteiger charge is -2.09. The third-order valence-corrected chi connectivity index (χ3v) is 3.43. The van der Waals surface area contributed by atoms with E-state index in [2.05, 4.69) is 16.2 Å². The summed E-state index contributed by atoms with van der Waals surface area (Å²) >= 11 is 0. The zero-order chi connectivity index (χ0) is 19.1. The van der Waals surface area contributed by atoms with Gasteiger partial charge in [-0.2, -0.15) is 0 Å².